The van der Waals surface area contributed by atoms with E-state index >= 15 is 0 Å². The Bertz CT molecular complexity index is 663. The lowest BCUT2D eigenvalue weighted by atomic mass is 10.1. The number of halogens is 1. The van der Waals surface area contributed by atoms with Crippen LogP contribution in [0.15, 0.2) is 65.7 Å². The third-order valence-electron chi connectivity index (χ3n) is 3.06. The van der Waals surface area contributed by atoms with Gasteiger partial charge in [-0.3, -0.25) is 0 Å². The SMILES string of the molecule is NC1=NC(c2ccc(F)cc2)=CC(c2ccccc2)S1. The van der Waals surface area contributed by atoms with Crippen molar-refractivity contribution in [2.75, 3.05) is 0 Å². The first-order valence-electron chi connectivity index (χ1n) is 6.26. The van der Waals surface area contributed by atoms with Crippen LogP contribution in [-0.2, 0) is 0 Å². The van der Waals surface area contributed by atoms with E-state index in [-0.39, 0.29) is 11.1 Å². The predicted molar refractivity (Wildman–Crippen MR) is 82.8 cm³/mol. The molecule has 1 atom stereocenters. The molecule has 2 aromatic carbocycles. The maximum atomic E-state index is 13.0. The number of amidine groups is 1. The zero-order chi connectivity index (χ0) is 13.9. The number of thioether (sulfide) groups is 1. The lowest BCUT2D eigenvalue weighted by Crippen LogP contribution is -2.12. The molecule has 100 valence electrons. The highest BCUT2D eigenvalue weighted by Crippen LogP contribution is 2.37. The second kappa shape index (κ2) is 5.51. The van der Waals surface area contributed by atoms with E-state index in [0.29, 0.717) is 5.17 Å². The van der Waals surface area contributed by atoms with Crippen LogP contribution in [0.3, 0.4) is 0 Å². The summed E-state index contributed by atoms with van der Waals surface area (Å²) < 4.78 is 13.0. The van der Waals surface area contributed by atoms with Crippen LogP contribution in [0.2, 0.25) is 0 Å². The van der Waals surface area contributed by atoms with Gasteiger partial charge in [0.15, 0.2) is 5.17 Å². The summed E-state index contributed by atoms with van der Waals surface area (Å²) >= 11 is 1.52. The molecule has 0 saturated heterocycles. The van der Waals surface area contributed by atoms with Crippen molar-refractivity contribution in [3.8, 4) is 0 Å². The third-order valence-corrected chi connectivity index (χ3v) is 4.05. The maximum absolute atomic E-state index is 13.0. The summed E-state index contributed by atoms with van der Waals surface area (Å²) in [6.45, 7) is 0. The molecule has 20 heavy (non-hydrogen) atoms. The average molecular weight is 284 g/mol. The monoisotopic (exact) mass is 284 g/mol. The van der Waals surface area contributed by atoms with E-state index in [9.17, 15) is 4.39 Å². The number of hydrogen-bond acceptors (Lipinski definition) is 3. The van der Waals surface area contributed by atoms with Crippen LogP contribution < -0.4 is 5.73 Å². The van der Waals surface area contributed by atoms with Crippen molar-refractivity contribution in [2.24, 2.45) is 10.7 Å². The Morgan fingerprint density at radius 2 is 1.70 bits per heavy atom. The van der Waals surface area contributed by atoms with Gasteiger partial charge < -0.3 is 5.73 Å². The predicted octanol–water partition coefficient (Wildman–Crippen LogP) is 3.97. The molecule has 1 aliphatic rings. The Balaban J connectivity index is 1.97. The van der Waals surface area contributed by atoms with E-state index in [2.05, 4.69) is 23.2 Å². The molecular weight excluding hydrogens is 271 g/mol. The number of aliphatic imine (C=N–C) groups is 1. The quantitative estimate of drug-likeness (QED) is 0.906. The summed E-state index contributed by atoms with van der Waals surface area (Å²) in [5, 5.41) is 0.662. The molecule has 3 rings (SSSR count). The standard InChI is InChI=1S/C16H13FN2S/c17-13-8-6-11(7-9-13)14-10-15(20-16(18)19-14)12-4-2-1-3-5-12/h1-10,15H,(H2,18,19). The highest BCUT2D eigenvalue weighted by molar-refractivity contribution is 8.14. The molecule has 0 radical (unpaired) electrons. The van der Waals surface area contributed by atoms with Crippen molar-refractivity contribution in [3.63, 3.8) is 0 Å². The summed E-state index contributed by atoms with van der Waals surface area (Å²) in [6, 6.07) is 16.4. The van der Waals surface area contributed by atoms with Crippen LogP contribution in [0, 0.1) is 5.82 Å². The Labute approximate surface area is 121 Å². The van der Waals surface area contributed by atoms with Crippen LogP contribution in [0.1, 0.15) is 16.4 Å². The van der Waals surface area contributed by atoms with Crippen molar-refractivity contribution < 1.29 is 4.39 Å². The average Bonchev–Trinajstić information content (AvgIpc) is 2.48. The second-order valence-corrected chi connectivity index (χ2v) is 5.62. The van der Waals surface area contributed by atoms with Crippen molar-refractivity contribution in [1.82, 2.24) is 0 Å². The lowest BCUT2D eigenvalue weighted by Gasteiger charge is -2.18. The van der Waals surface area contributed by atoms with Crippen LogP contribution in [0.25, 0.3) is 5.70 Å². The molecule has 4 heteroatoms. The molecule has 0 aromatic heterocycles. The smallest absolute Gasteiger partial charge is 0.160 e. The minimum atomic E-state index is -0.254. The number of hydrogen-bond donors (Lipinski definition) is 1. The van der Waals surface area contributed by atoms with Crippen LogP contribution in [0.5, 0.6) is 0 Å². The van der Waals surface area contributed by atoms with Gasteiger partial charge in [0.2, 0.25) is 0 Å². The van der Waals surface area contributed by atoms with Gasteiger partial charge in [-0.15, -0.1) is 0 Å². The van der Waals surface area contributed by atoms with Crippen LogP contribution in [-0.4, -0.2) is 5.17 Å². The van der Waals surface area contributed by atoms with Gasteiger partial charge in [-0.05, 0) is 35.9 Å². The Morgan fingerprint density at radius 3 is 2.40 bits per heavy atom. The summed E-state index contributed by atoms with van der Waals surface area (Å²) in [7, 11) is 0. The second-order valence-electron chi connectivity index (χ2n) is 4.46. The molecule has 0 amide bonds. The number of benzene rings is 2. The molecule has 1 aliphatic heterocycles. The highest BCUT2D eigenvalue weighted by Gasteiger charge is 2.18. The molecule has 2 aromatic rings. The molecule has 2 nitrogen and oxygen atoms in total. The largest absolute Gasteiger partial charge is 0.378 e. The third kappa shape index (κ3) is 2.75. The molecule has 0 spiro atoms. The summed E-state index contributed by atoms with van der Waals surface area (Å²) in [5.74, 6) is -0.254. The van der Waals surface area contributed by atoms with E-state index in [4.69, 9.17) is 5.73 Å². The molecule has 1 heterocycles. The number of nitrogens with two attached hydrogens (primary N) is 1. The van der Waals surface area contributed by atoms with Gasteiger partial charge in [-0.1, -0.05) is 42.1 Å². The van der Waals surface area contributed by atoms with E-state index < -0.39 is 0 Å². The minimum absolute atomic E-state index is 0.133. The number of nitrogens with zero attached hydrogens (tertiary/aromatic N) is 1. The van der Waals surface area contributed by atoms with Gasteiger partial charge in [0.1, 0.15) is 5.82 Å². The molecule has 2 N–H and O–H groups in total. The first-order chi connectivity index (χ1) is 9.72. The van der Waals surface area contributed by atoms with Gasteiger partial charge in [-0.2, -0.15) is 0 Å². The normalized spacial score (nSPS) is 18.4. The van der Waals surface area contributed by atoms with E-state index in [1.54, 1.807) is 12.1 Å². The van der Waals surface area contributed by atoms with E-state index in [0.717, 1.165) is 11.3 Å². The minimum Gasteiger partial charge on any atom is -0.378 e. The van der Waals surface area contributed by atoms with Gasteiger partial charge >= 0.3 is 0 Å². The van der Waals surface area contributed by atoms with E-state index in [1.165, 1.54) is 29.5 Å². The van der Waals surface area contributed by atoms with Crippen LogP contribution in [0.4, 0.5) is 4.39 Å². The molecule has 1 unspecified atom stereocenters. The summed E-state index contributed by atoms with van der Waals surface area (Å²) in [5.41, 5.74) is 8.75. The van der Waals surface area contributed by atoms with Crippen molar-refractivity contribution in [1.29, 1.82) is 0 Å². The highest BCUT2D eigenvalue weighted by atomic mass is 32.2. The fourth-order valence-corrected chi connectivity index (χ4v) is 2.98. The molecule has 0 saturated carbocycles. The molecular formula is C16H13FN2S. The fourth-order valence-electron chi connectivity index (χ4n) is 2.08. The maximum Gasteiger partial charge on any atom is 0.160 e. The van der Waals surface area contributed by atoms with Crippen LogP contribution >= 0.6 is 11.8 Å². The van der Waals surface area contributed by atoms with Gasteiger partial charge in [-0.25, -0.2) is 9.38 Å². The topological polar surface area (TPSA) is 38.4 Å². The number of rotatable bonds is 2. The Morgan fingerprint density at radius 1 is 1.00 bits per heavy atom. The first kappa shape index (κ1) is 12.9. The Kier molecular flexibility index (Phi) is 3.56. The fraction of sp³-hybridized carbons (Fsp3) is 0.0625. The molecule has 0 bridgehead atoms. The van der Waals surface area contributed by atoms with Crippen molar-refractivity contribution in [3.05, 3.63) is 77.6 Å². The first-order valence-corrected chi connectivity index (χ1v) is 7.14. The van der Waals surface area contributed by atoms with E-state index in [1.807, 2.05) is 18.2 Å². The molecule has 0 fully saturated rings. The van der Waals surface area contributed by atoms with Crippen molar-refractivity contribution in [2.45, 2.75) is 5.25 Å². The summed E-state index contributed by atoms with van der Waals surface area (Å²) in [6.07, 6.45) is 2.06. The Hall–Kier alpha value is -2.07. The van der Waals surface area contributed by atoms with Gasteiger partial charge in [0, 0.05) is 5.56 Å². The van der Waals surface area contributed by atoms with Gasteiger partial charge in [0.25, 0.3) is 0 Å². The summed E-state index contributed by atoms with van der Waals surface area (Å²) in [4.78, 5) is 4.35. The zero-order valence-corrected chi connectivity index (χ0v) is 11.5. The molecule has 0 aliphatic carbocycles. The van der Waals surface area contributed by atoms with Gasteiger partial charge in [0.05, 0.1) is 10.9 Å². The van der Waals surface area contributed by atoms with Crippen molar-refractivity contribution >= 4 is 22.6 Å². The zero-order valence-electron chi connectivity index (χ0n) is 10.7. The lowest BCUT2D eigenvalue weighted by molar-refractivity contribution is 0.627.